The van der Waals surface area contributed by atoms with Gasteiger partial charge in [-0.1, -0.05) is 23.5 Å². The van der Waals surface area contributed by atoms with Gasteiger partial charge in [0.25, 0.3) is 0 Å². The van der Waals surface area contributed by atoms with Crippen molar-refractivity contribution in [2.75, 3.05) is 11.9 Å². The molecule has 0 fully saturated rings. The van der Waals surface area contributed by atoms with Crippen molar-refractivity contribution in [3.05, 3.63) is 48.3 Å². The molecule has 0 saturated heterocycles. The quantitative estimate of drug-likeness (QED) is 0.580. The first kappa shape index (κ1) is 16.5. The van der Waals surface area contributed by atoms with Crippen LogP contribution in [-0.2, 0) is 11.3 Å². The van der Waals surface area contributed by atoms with Gasteiger partial charge in [-0.2, -0.15) is 0 Å². The molecule has 1 amide bonds. The number of fused-ring (bicyclic) bond motifs is 2. The van der Waals surface area contributed by atoms with E-state index in [1.807, 2.05) is 60.9 Å². The molecule has 26 heavy (non-hydrogen) atoms. The average Bonchev–Trinajstić information content (AvgIpc) is 3.15. The van der Waals surface area contributed by atoms with Crippen LogP contribution in [-0.4, -0.2) is 27.0 Å². The molecule has 132 valence electrons. The standard InChI is InChI=1S/C19H18N4O2S/c1-3-25-13-8-9-15-17(10-13)26-19(21-15)22-18(24)11-23-12(2)20-14-6-4-5-7-16(14)23/h4-10H,3,11H2,1-2H3,(H,21,22,24). The second-order valence-corrected chi connectivity index (χ2v) is 6.89. The lowest BCUT2D eigenvalue weighted by Crippen LogP contribution is -2.19. The van der Waals surface area contributed by atoms with Crippen LogP contribution in [0.15, 0.2) is 42.5 Å². The summed E-state index contributed by atoms with van der Waals surface area (Å²) in [5.41, 5.74) is 2.69. The fourth-order valence-electron chi connectivity index (χ4n) is 2.91. The number of aromatic nitrogens is 3. The Morgan fingerprint density at radius 1 is 1.19 bits per heavy atom. The second-order valence-electron chi connectivity index (χ2n) is 5.86. The van der Waals surface area contributed by atoms with E-state index in [0.29, 0.717) is 11.7 Å². The number of para-hydroxylation sites is 2. The number of imidazole rings is 1. The summed E-state index contributed by atoms with van der Waals surface area (Å²) in [4.78, 5) is 21.5. The third-order valence-corrected chi connectivity index (χ3v) is 5.00. The minimum Gasteiger partial charge on any atom is -0.494 e. The third-order valence-electron chi connectivity index (χ3n) is 4.06. The molecule has 0 aliphatic rings. The van der Waals surface area contributed by atoms with Crippen LogP contribution in [0.1, 0.15) is 12.7 Å². The summed E-state index contributed by atoms with van der Waals surface area (Å²) < 4.78 is 8.40. The summed E-state index contributed by atoms with van der Waals surface area (Å²) in [6, 6.07) is 13.5. The Kier molecular flexibility index (Phi) is 4.30. The predicted octanol–water partition coefficient (Wildman–Crippen LogP) is 3.99. The average molecular weight is 366 g/mol. The van der Waals surface area contributed by atoms with Crippen molar-refractivity contribution in [1.82, 2.24) is 14.5 Å². The molecule has 6 nitrogen and oxygen atoms in total. The van der Waals surface area contributed by atoms with Gasteiger partial charge in [-0.3, -0.25) is 4.79 Å². The van der Waals surface area contributed by atoms with Gasteiger partial charge in [-0.15, -0.1) is 0 Å². The van der Waals surface area contributed by atoms with E-state index in [2.05, 4.69) is 15.3 Å². The lowest BCUT2D eigenvalue weighted by molar-refractivity contribution is -0.116. The summed E-state index contributed by atoms with van der Waals surface area (Å²) in [5.74, 6) is 1.49. The number of aryl methyl sites for hydroxylation is 1. The molecule has 2 aromatic carbocycles. The molecule has 4 aromatic rings. The van der Waals surface area contributed by atoms with E-state index in [4.69, 9.17) is 4.74 Å². The fourth-order valence-corrected chi connectivity index (χ4v) is 3.82. The zero-order valence-corrected chi connectivity index (χ0v) is 15.3. The highest BCUT2D eigenvalue weighted by atomic mass is 32.1. The monoisotopic (exact) mass is 366 g/mol. The first-order valence-electron chi connectivity index (χ1n) is 8.39. The first-order valence-corrected chi connectivity index (χ1v) is 9.21. The molecule has 2 heterocycles. The molecular weight excluding hydrogens is 348 g/mol. The fraction of sp³-hybridized carbons (Fsp3) is 0.211. The number of hydrogen-bond acceptors (Lipinski definition) is 5. The van der Waals surface area contributed by atoms with Gasteiger partial charge >= 0.3 is 0 Å². The number of anilines is 1. The molecule has 7 heteroatoms. The van der Waals surface area contributed by atoms with Gasteiger partial charge in [0.1, 0.15) is 18.1 Å². The van der Waals surface area contributed by atoms with Crippen molar-refractivity contribution < 1.29 is 9.53 Å². The van der Waals surface area contributed by atoms with Crippen molar-refractivity contribution >= 4 is 43.6 Å². The van der Waals surface area contributed by atoms with Gasteiger partial charge in [0.05, 0.1) is 27.9 Å². The molecule has 0 atom stereocenters. The van der Waals surface area contributed by atoms with Crippen molar-refractivity contribution in [3.8, 4) is 5.75 Å². The van der Waals surface area contributed by atoms with Crippen LogP contribution in [0.2, 0.25) is 0 Å². The number of carbonyl (C=O) groups is 1. The number of amides is 1. The van der Waals surface area contributed by atoms with Gasteiger partial charge in [0, 0.05) is 0 Å². The highest BCUT2D eigenvalue weighted by molar-refractivity contribution is 7.22. The molecule has 0 aliphatic heterocycles. The minimum absolute atomic E-state index is 0.125. The normalized spacial score (nSPS) is 11.2. The number of rotatable bonds is 5. The molecule has 0 aliphatic carbocycles. The van der Waals surface area contributed by atoms with Crippen LogP contribution >= 0.6 is 11.3 Å². The number of benzene rings is 2. The Morgan fingerprint density at radius 2 is 2.04 bits per heavy atom. The number of thiazole rings is 1. The first-order chi connectivity index (χ1) is 12.6. The summed E-state index contributed by atoms with van der Waals surface area (Å²) in [5, 5.41) is 3.48. The minimum atomic E-state index is -0.125. The van der Waals surface area contributed by atoms with Gasteiger partial charge in [-0.25, -0.2) is 9.97 Å². The maximum absolute atomic E-state index is 12.5. The van der Waals surface area contributed by atoms with E-state index in [1.54, 1.807) is 0 Å². The molecule has 0 spiro atoms. The summed E-state index contributed by atoms with van der Waals surface area (Å²) in [6.07, 6.45) is 0. The Hall–Kier alpha value is -2.93. The Labute approximate surface area is 154 Å². The smallest absolute Gasteiger partial charge is 0.246 e. The van der Waals surface area contributed by atoms with Crippen LogP contribution in [0.5, 0.6) is 5.75 Å². The van der Waals surface area contributed by atoms with Crippen molar-refractivity contribution in [2.24, 2.45) is 0 Å². The van der Waals surface area contributed by atoms with E-state index >= 15 is 0 Å². The number of ether oxygens (including phenoxy) is 1. The number of nitrogens with one attached hydrogen (secondary N) is 1. The van der Waals surface area contributed by atoms with E-state index in [1.165, 1.54) is 11.3 Å². The summed E-state index contributed by atoms with van der Waals surface area (Å²) >= 11 is 1.44. The highest BCUT2D eigenvalue weighted by Crippen LogP contribution is 2.29. The van der Waals surface area contributed by atoms with Crippen LogP contribution < -0.4 is 10.1 Å². The Balaban J connectivity index is 1.54. The zero-order chi connectivity index (χ0) is 18.1. The van der Waals surface area contributed by atoms with E-state index < -0.39 is 0 Å². The van der Waals surface area contributed by atoms with Crippen LogP contribution in [0.25, 0.3) is 21.3 Å². The van der Waals surface area contributed by atoms with Crippen LogP contribution in [0, 0.1) is 6.92 Å². The number of carbonyl (C=O) groups excluding carboxylic acids is 1. The Bertz CT molecular complexity index is 1100. The molecule has 0 saturated carbocycles. The van der Waals surface area contributed by atoms with Gasteiger partial charge < -0.3 is 14.6 Å². The highest BCUT2D eigenvalue weighted by Gasteiger charge is 2.13. The van der Waals surface area contributed by atoms with Gasteiger partial charge in [0.2, 0.25) is 5.91 Å². The molecule has 0 unspecified atom stereocenters. The third kappa shape index (κ3) is 3.13. The molecular formula is C19H18N4O2S. The number of nitrogens with zero attached hydrogens (tertiary/aromatic N) is 3. The van der Waals surface area contributed by atoms with Crippen molar-refractivity contribution in [3.63, 3.8) is 0 Å². The molecule has 4 rings (SSSR count). The lowest BCUT2D eigenvalue weighted by Gasteiger charge is -2.06. The summed E-state index contributed by atoms with van der Waals surface area (Å²) in [6.45, 7) is 4.67. The maximum atomic E-state index is 12.5. The van der Waals surface area contributed by atoms with E-state index in [0.717, 1.165) is 32.8 Å². The van der Waals surface area contributed by atoms with Crippen molar-refractivity contribution in [1.29, 1.82) is 0 Å². The van der Waals surface area contributed by atoms with Gasteiger partial charge in [0.15, 0.2) is 5.13 Å². The summed E-state index contributed by atoms with van der Waals surface area (Å²) in [7, 11) is 0. The Morgan fingerprint density at radius 3 is 2.88 bits per heavy atom. The van der Waals surface area contributed by atoms with Crippen LogP contribution in [0.3, 0.4) is 0 Å². The number of hydrogen-bond donors (Lipinski definition) is 1. The molecule has 0 bridgehead atoms. The largest absolute Gasteiger partial charge is 0.494 e. The lowest BCUT2D eigenvalue weighted by atomic mass is 10.3. The topological polar surface area (TPSA) is 69.0 Å². The molecule has 0 radical (unpaired) electrons. The molecule has 2 aromatic heterocycles. The molecule has 1 N–H and O–H groups in total. The predicted molar refractivity (Wildman–Crippen MR) is 104 cm³/mol. The maximum Gasteiger partial charge on any atom is 0.246 e. The second kappa shape index (κ2) is 6.76. The van der Waals surface area contributed by atoms with E-state index in [-0.39, 0.29) is 12.5 Å². The van der Waals surface area contributed by atoms with E-state index in [9.17, 15) is 4.79 Å². The SMILES string of the molecule is CCOc1ccc2nc(NC(=O)Cn3c(C)nc4ccccc43)sc2c1. The van der Waals surface area contributed by atoms with Crippen LogP contribution in [0.4, 0.5) is 5.13 Å². The zero-order valence-electron chi connectivity index (χ0n) is 14.5. The van der Waals surface area contributed by atoms with Gasteiger partial charge in [-0.05, 0) is 44.2 Å². The van der Waals surface area contributed by atoms with Crippen molar-refractivity contribution in [2.45, 2.75) is 20.4 Å².